The quantitative estimate of drug-likeness (QED) is 0.458. The van der Waals surface area contributed by atoms with Crippen molar-refractivity contribution < 1.29 is 23.9 Å². The fraction of sp³-hybridized carbons (Fsp3) is 0.235. The normalized spacial score (nSPS) is 10.1. The third kappa shape index (κ3) is 3.81. The molecule has 126 valence electrons. The summed E-state index contributed by atoms with van der Waals surface area (Å²) in [5, 5.41) is 11.0. The Hall–Kier alpha value is -3.09. The number of carbonyl (C=O) groups is 1. The van der Waals surface area contributed by atoms with Crippen molar-refractivity contribution in [1.82, 2.24) is 0 Å². The van der Waals surface area contributed by atoms with Crippen molar-refractivity contribution in [2.45, 2.75) is 13.5 Å². The number of hydrogen-bond donors (Lipinski definition) is 0. The highest BCUT2D eigenvalue weighted by atomic mass is 16.6. The van der Waals surface area contributed by atoms with Crippen molar-refractivity contribution >= 4 is 11.7 Å². The minimum Gasteiger partial charge on any atom is -0.497 e. The third-order valence-corrected chi connectivity index (χ3v) is 3.49. The number of rotatable bonds is 6. The molecule has 0 fully saturated rings. The summed E-state index contributed by atoms with van der Waals surface area (Å²) in [5.41, 5.74) is 1.11. The first kappa shape index (κ1) is 17.3. The molecule has 0 bridgehead atoms. The average molecular weight is 331 g/mol. The second-order valence-electron chi connectivity index (χ2n) is 5.01. The van der Waals surface area contributed by atoms with Gasteiger partial charge in [0.2, 0.25) is 0 Å². The standard InChI is InChI=1S/C17H17NO6/c1-11-4-5-12(9-15(11)18(20)21)17(19)24-10-13-8-14(22-2)6-7-16(13)23-3/h4-9H,10H2,1-3H3. The highest BCUT2D eigenvalue weighted by Crippen LogP contribution is 2.25. The van der Waals surface area contributed by atoms with Crippen LogP contribution in [0.25, 0.3) is 0 Å². The van der Waals surface area contributed by atoms with E-state index in [1.165, 1.54) is 32.4 Å². The molecule has 0 amide bonds. The van der Waals surface area contributed by atoms with Crippen LogP contribution in [0.2, 0.25) is 0 Å². The molecule has 7 heteroatoms. The van der Waals surface area contributed by atoms with Crippen molar-refractivity contribution in [2.75, 3.05) is 14.2 Å². The average Bonchev–Trinajstić information content (AvgIpc) is 2.59. The number of esters is 1. The molecule has 24 heavy (non-hydrogen) atoms. The monoisotopic (exact) mass is 331 g/mol. The first-order chi connectivity index (χ1) is 11.5. The maximum Gasteiger partial charge on any atom is 0.338 e. The van der Waals surface area contributed by atoms with Crippen molar-refractivity contribution in [3.8, 4) is 11.5 Å². The maximum absolute atomic E-state index is 12.1. The molecule has 0 aromatic heterocycles. The number of methoxy groups -OCH3 is 2. The van der Waals surface area contributed by atoms with Gasteiger partial charge in [0, 0.05) is 17.2 Å². The van der Waals surface area contributed by atoms with E-state index >= 15 is 0 Å². The van der Waals surface area contributed by atoms with Crippen LogP contribution in [0.5, 0.6) is 11.5 Å². The summed E-state index contributed by atoms with van der Waals surface area (Å²) in [6.45, 7) is 1.56. The molecule has 2 rings (SSSR count). The van der Waals surface area contributed by atoms with Crippen molar-refractivity contribution in [2.24, 2.45) is 0 Å². The van der Waals surface area contributed by atoms with E-state index in [9.17, 15) is 14.9 Å². The van der Waals surface area contributed by atoms with Gasteiger partial charge in [-0.1, -0.05) is 6.07 Å². The number of benzene rings is 2. The largest absolute Gasteiger partial charge is 0.497 e. The Bertz CT molecular complexity index is 772. The molecule has 0 N–H and O–H groups in total. The Morgan fingerprint density at radius 1 is 1.12 bits per heavy atom. The van der Waals surface area contributed by atoms with Crippen molar-refractivity contribution in [3.05, 3.63) is 63.2 Å². The maximum atomic E-state index is 12.1. The SMILES string of the molecule is COc1ccc(OC)c(COC(=O)c2ccc(C)c([N+](=O)[O-])c2)c1. The van der Waals surface area contributed by atoms with Crippen LogP contribution in [-0.4, -0.2) is 25.1 Å². The number of carbonyl (C=O) groups excluding carboxylic acids is 1. The number of hydrogen-bond acceptors (Lipinski definition) is 6. The molecule has 0 aliphatic rings. The van der Waals surface area contributed by atoms with E-state index in [-0.39, 0.29) is 17.9 Å². The molecule has 2 aromatic rings. The van der Waals surface area contributed by atoms with Crippen molar-refractivity contribution in [1.29, 1.82) is 0 Å². The summed E-state index contributed by atoms with van der Waals surface area (Å²) < 4.78 is 15.6. The smallest absolute Gasteiger partial charge is 0.338 e. The van der Waals surface area contributed by atoms with Crippen LogP contribution >= 0.6 is 0 Å². The van der Waals surface area contributed by atoms with Crippen LogP contribution in [0.1, 0.15) is 21.5 Å². The Balaban J connectivity index is 2.16. The van der Waals surface area contributed by atoms with E-state index in [1.54, 1.807) is 25.1 Å². The summed E-state index contributed by atoms with van der Waals surface area (Å²) in [5.74, 6) is 0.509. The van der Waals surface area contributed by atoms with Gasteiger partial charge in [-0.3, -0.25) is 10.1 Å². The van der Waals surface area contributed by atoms with Crippen LogP contribution in [0.4, 0.5) is 5.69 Å². The molecule has 2 aromatic carbocycles. The third-order valence-electron chi connectivity index (χ3n) is 3.49. The molecule has 0 spiro atoms. The second-order valence-corrected chi connectivity index (χ2v) is 5.01. The predicted octanol–water partition coefficient (Wildman–Crippen LogP) is 3.28. The summed E-state index contributed by atoms with van der Waals surface area (Å²) >= 11 is 0. The summed E-state index contributed by atoms with van der Waals surface area (Å²) in [6, 6.07) is 9.35. The van der Waals surface area contributed by atoms with Crippen LogP contribution in [0.3, 0.4) is 0 Å². The minimum atomic E-state index is -0.650. The molecule has 0 saturated carbocycles. The zero-order valence-electron chi connectivity index (χ0n) is 13.6. The Morgan fingerprint density at radius 3 is 2.50 bits per heavy atom. The fourth-order valence-electron chi connectivity index (χ4n) is 2.15. The van der Waals surface area contributed by atoms with Crippen LogP contribution < -0.4 is 9.47 Å². The van der Waals surface area contributed by atoms with E-state index in [1.807, 2.05) is 0 Å². The van der Waals surface area contributed by atoms with Gasteiger partial charge >= 0.3 is 5.97 Å². The molecule has 7 nitrogen and oxygen atoms in total. The first-order valence-electron chi connectivity index (χ1n) is 7.09. The molecular formula is C17H17NO6. The van der Waals surface area contributed by atoms with Gasteiger partial charge in [0.05, 0.1) is 24.7 Å². The van der Waals surface area contributed by atoms with Crippen LogP contribution in [0.15, 0.2) is 36.4 Å². The second kappa shape index (κ2) is 7.45. The van der Waals surface area contributed by atoms with Crippen LogP contribution in [0, 0.1) is 17.0 Å². The zero-order valence-corrected chi connectivity index (χ0v) is 13.6. The van der Waals surface area contributed by atoms with Crippen LogP contribution in [-0.2, 0) is 11.3 Å². The van der Waals surface area contributed by atoms with Gasteiger partial charge in [0.1, 0.15) is 18.1 Å². The van der Waals surface area contributed by atoms with Gasteiger partial charge in [-0.05, 0) is 31.2 Å². The Labute approximate surface area is 138 Å². The molecular weight excluding hydrogens is 314 g/mol. The van der Waals surface area contributed by atoms with Gasteiger partial charge in [-0.15, -0.1) is 0 Å². The van der Waals surface area contributed by atoms with E-state index < -0.39 is 10.9 Å². The summed E-state index contributed by atoms with van der Waals surface area (Å²) in [4.78, 5) is 22.6. The Morgan fingerprint density at radius 2 is 1.88 bits per heavy atom. The topological polar surface area (TPSA) is 87.9 Å². The van der Waals surface area contributed by atoms with E-state index in [4.69, 9.17) is 14.2 Å². The number of ether oxygens (including phenoxy) is 3. The van der Waals surface area contributed by atoms with Gasteiger partial charge in [-0.25, -0.2) is 4.79 Å². The lowest BCUT2D eigenvalue weighted by Crippen LogP contribution is -2.07. The van der Waals surface area contributed by atoms with Gasteiger partial charge in [0.25, 0.3) is 5.69 Å². The van der Waals surface area contributed by atoms with Gasteiger partial charge in [0.15, 0.2) is 0 Å². The lowest BCUT2D eigenvalue weighted by atomic mass is 10.1. The first-order valence-corrected chi connectivity index (χ1v) is 7.09. The molecule has 0 aliphatic heterocycles. The highest BCUT2D eigenvalue weighted by Gasteiger charge is 2.16. The minimum absolute atomic E-state index is 0.0408. The van der Waals surface area contributed by atoms with Crippen molar-refractivity contribution in [3.63, 3.8) is 0 Å². The Kier molecular flexibility index (Phi) is 5.36. The molecule has 0 heterocycles. The van der Waals surface area contributed by atoms with E-state index in [0.717, 1.165) is 0 Å². The van der Waals surface area contributed by atoms with E-state index in [0.29, 0.717) is 22.6 Å². The number of nitrogens with zero attached hydrogens (tertiary/aromatic N) is 1. The zero-order chi connectivity index (χ0) is 17.7. The van der Waals surface area contributed by atoms with E-state index in [2.05, 4.69) is 0 Å². The predicted molar refractivity (Wildman–Crippen MR) is 86.5 cm³/mol. The number of nitro benzene ring substituents is 1. The summed E-state index contributed by atoms with van der Waals surface area (Å²) in [6.07, 6.45) is 0. The molecule has 0 radical (unpaired) electrons. The number of aryl methyl sites for hydroxylation is 1. The lowest BCUT2D eigenvalue weighted by Gasteiger charge is -2.11. The molecule has 0 saturated heterocycles. The molecule has 0 aliphatic carbocycles. The molecule has 0 atom stereocenters. The highest BCUT2D eigenvalue weighted by molar-refractivity contribution is 5.90. The van der Waals surface area contributed by atoms with Gasteiger partial charge < -0.3 is 14.2 Å². The fourth-order valence-corrected chi connectivity index (χ4v) is 2.15. The number of nitro groups is 1. The summed E-state index contributed by atoms with van der Waals surface area (Å²) in [7, 11) is 3.04. The lowest BCUT2D eigenvalue weighted by molar-refractivity contribution is -0.385. The van der Waals surface area contributed by atoms with Gasteiger partial charge in [-0.2, -0.15) is 0 Å². The molecule has 0 unspecified atom stereocenters.